The summed E-state index contributed by atoms with van der Waals surface area (Å²) in [5.74, 6) is 0.929. The van der Waals surface area contributed by atoms with Gasteiger partial charge in [0, 0.05) is 38.6 Å². The van der Waals surface area contributed by atoms with E-state index in [0.717, 1.165) is 25.5 Å². The van der Waals surface area contributed by atoms with Crippen molar-refractivity contribution in [2.45, 2.75) is 18.9 Å². The second-order valence-corrected chi connectivity index (χ2v) is 4.30. The van der Waals surface area contributed by atoms with Crippen LogP contribution in [0, 0.1) is 0 Å². The van der Waals surface area contributed by atoms with Gasteiger partial charge in [0.1, 0.15) is 5.82 Å². The van der Waals surface area contributed by atoms with Crippen LogP contribution in [0.1, 0.15) is 12.8 Å². The summed E-state index contributed by atoms with van der Waals surface area (Å²) >= 11 is 0. The van der Waals surface area contributed by atoms with Crippen LogP contribution < -0.4 is 10.2 Å². The number of hydrogen-bond acceptors (Lipinski definition) is 5. The van der Waals surface area contributed by atoms with E-state index in [9.17, 15) is 0 Å². The topological polar surface area (TPSA) is 50.3 Å². The fourth-order valence-corrected chi connectivity index (χ4v) is 2.13. The average Bonchev–Trinajstić information content (AvgIpc) is 2.88. The monoisotopic (exact) mass is 236 g/mol. The summed E-state index contributed by atoms with van der Waals surface area (Å²) in [4.78, 5) is 10.7. The molecule has 1 saturated heterocycles. The summed E-state index contributed by atoms with van der Waals surface area (Å²) in [7, 11) is 1.72. The lowest BCUT2D eigenvalue weighted by Gasteiger charge is -2.26. The maximum absolute atomic E-state index is 5.15. The van der Waals surface area contributed by atoms with Gasteiger partial charge in [-0.2, -0.15) is 0 Å². The molecule has 0 radical (unpaired) electrons. The molecule has 2 rings (SSSR count). The Hall–Kier alpha value is -1.20. The molecule has 1 N–H and O–H groups in total. The summed E-state index contributed by atoms with van der Waals surface area (Å²) < 4.78 is 5.15. The van der Waals surface area contributed by atoms with Crippen LogP contribution in [0.5, 0.6) is 0 Å². The average molecular weight is 236 g/mol. The quantitative estimate of drug-likeness (QED) is 0.787. The molecule has 2 heterocycles. The highest BCUT2D eigenvalue weighted by Crippen LogP contribution is 2.12. The summed E-state index contributed by atoms with van der Waals surface area (Å²) in [6.07, 6.45) is 7.75. The van der Waals surface area contributed by atoms with Crippen molar-refractivity contribution in [2.24, 2.45) is 0 Å². The van der Waals surface area contributed by atoms with E-state index in [1.54, 1.807) is 19.5 Å². The van der Waals surface area contributed by atoms with E-state index in [-0.39, 0.29) is 0 Å². The minimum absolute atomic E-state index is 0.564. The van der Waals surface area contributed by atoms with Gasteiger partial charge in [0.25, 0.3) is 0 Å². The van der Waals surface area contributed by atoms with Crippen LogP contribution in [0.25, 0.3) is 0 Å². The lowest BCUT2D eigenvalue weighted by atomic mass is 10.2. The predicted octanol–water partition coefficient (Wildman–Crippen LogP) is 0.681. The number of ether oxygens (including phenoxy) is 1. The highest BCUT2D eigenvalue weighted by Gasteiger charge is 2.18. The van der Waals surface area contributed by atoms with Crippen LogP contribution in [0.2, 0.25) is 0 Å². The van der Waals surface area contributed by atoms with Crippen LogP contribution in [0.4, 0.5) is 5.82 Å². The Morgan fingerprint density at radius 1 is 1.53 bits per heavy atom. The van der Waals surface area contributed by atoms with Crippen LogP contribution in [0.15, 0.2) is 18.6 Å². The molecule has 1 aromatic heterocycles. The van der Waals surface area contributed by atoms with Gasteiger partial charge >= 0.3 is 0 Å². The number of hydrogen-bond donors (Lipinski definition) is 1. The summed E-state index contributed by atoms with van der Waals surface area (Å²) in [5, 5.41) is 3.50. The molecule has 1 aliphatic heterocycles. The van der Waals surface area contributed by atoms with Crippen molar-refractivity contribution < 1.29 is 4.74 Å². The molecule has 1 aromatic rings. The van der Waals surface area contributed by atoms with E-state index in [2.05, 4.69) is 20.2 Å². The Morgan fingerprint density at radius 2 is 2.47 bits per heavy atom. The fourth-order valence-electron chi connectivity index (χ4n) is 2.13. The first-order valence-electron chi connectivity index (χ1n) is 6.13. The predicted molar refractivity (Wildman–Crippen MR) is 67.1 cm³/mol. The summed E-state index contributed by atoms with van der Waals surface area (Å²) in [6.45, 7) is 3.67. The van der Waals surface area contributed by atoms with Crippen molar-refractivity contribution in [1.29, 1.82) is 0 Å². The molecule has 17 heavy (non-hydrogen) atoms. The Morgan fingerprint density at radius 3 is 3.12 bits per heavy atom. The molecular weight excluding hydrogens is 216 g/mol. The Bertz CT molecular complexity index is 314. The SMILES string of the molecule is COCCN(CC1CCCN1)c1cnccn1. The van der Waals surface area contributed by atoms with Crippen molar-refractivity contribution >= 4 is 5.82 Å². The van der Waals surface area contributed by atoms with Gasteiger partial charge in [-0.05, 0) is 19.4 Å². The van der Waals surface area contributed by atoms with Gasteiger partial charge in [-0.3, -0.25) is 4.98 Å². The normalized spacial score (nSPS) is 19.5. The molecule has 1 fully saturated rings. The number of aromatic nitrogens is 2. The van der Waals surface area contributed by atoms with Gasteiger partial charge in [0.2, 0.25) is 0 Å². The van der Waals surface area contributed by atoms with Crippen molar-refractivity contribution in [3.05, 3.63) is 18.6 Å². The van der Waals surface area contributed by atoms with Gasteiger partial charge in [-0.15, -0.1) is 0 Å². The van der Waals surface area contributed by atoms with Gasteiger partial charge in [0.15, 0.2) is 0 Å². The first-order valence-corrected chi connectivity index (χ1v) is 6.13. The molecule has 0 aliphatic carbocycles. The van der Waals surface area contributed by atoms with E-state index in [0.29, 0.717) is 12.6 Å². The Kier molecular flexibility index (Phi) is 4.70. The van der Waals surface area contributed by atoms with Crippen LogP contribution in [-0.2, 0) is 4.74 Å². The molecule has 1 atom stereocenters. The van der Waals surface area contributed by atoms with E-state index in [4.69, 9.17) is 4.74 Å². The molecule has 94 valence electrons. The Labute approximate surface area is 102 Å². The number of anilines is 1. The van der Waals surface area contributed by atoms with Gasteiger partial charge < -0.3 is 15.0 Å². The van der Waals surface area contributed by atoms with Crippen molar-refractivity contribution in [2.75, 3.05) is 38.3 Å². The zero-order valence-corrected chi connectivity index (χ0v) is 10.3. The maximum atomic E-state index is 5.15. The molecule has 0 amide bonds. The zero-order chi connectivity index (χ0) is 11.9. The van der Waals surface area contributed by atoms with E-state index < -0.39 is 0 Å². The Balaban J connectivity index is 1.97. The lowest BCUT2D eigenvalue weighted by molar-refractivity contribution is 0.204. The smallest absolute Gasteiger partial charge is 0.147 e. The molecule has 0 aromatic carbocycles. The van der Waals surface area contributed by atoms with E-state index >= 15 is 0 Å². The third-order valence-corrected chi connectivity index (χ3v) is 3.04. The van der Waals surface area contributed by atoms with Crippen LogP contribution in [-0.4, -0.2) is 49.4 Å². The third-order valence-electron chi connectivity index (χ3n) is 3.04. The molecule has 1 unspecified atom stereocenters. The highest BCUT2D eigenvalue weighted by molar-refractivity contribution is 5.35. The van der Waals surface area contributed by atoms with Crippen molar-refractivity contribution in [3.63, 3.8) is 0 Å². The minimum atomic E-state index is 0.564. The second kappa shape index (κ2) is 6.51. The first kappa shape index (κ1) is 12.3. The number of methoxy groups -OCH3 is 1. The van der Waals surface area contributed by atoms with Gasteiger partial charge in [0.05, 0.1) is 12.8 Å². The number of rotatable bonds is 6. The number of nitrogens with one attached hydrogen (secondary N) is 1. The van der Waals surface area contributed by atoms with E-state index in [1.807, 2.05) is 6.20 Å². The molecule has 1 aliphatic rings. The molecule has 5 nitrogen and oxygen atoms in total. The lowest BCUT2D eigenvalue weighted by Crippen LogP contribution is -2.39. The largest absolute Gasteiger partial charge is 0.383 e. The summed E-state index contributed by atoms with van der Waals surface area (Å²) in [5.41, 5.74) is 0. The molecule has 5 heteroatoms. The fraction of sp³-hybridized carbons (Fsp3) is 0.667. The zero-order valence-electron chi connectivity index (χ0n) is 10.3. The number of nitrogens with zero attached hydrogens (tertiary/aromatic N) is 3. The molecular formula is C12H20N4O. The third kappa shape index (κ3) is 3.64. The molecule has 0 bridgehead atoms. The van der Waals surface area contributed by atoms with Crippen LogP contribution >= 0.6 is 0 Å². The van der Waals surface area contributed by atoms with Crippen molar-refractivity contribution in [1.82, 2.24) is 15.3 Å². The standard InChI is InChI=1S/C12H20N4O/c1-17-8-7-16(10-11-3-2-4-14-11)12-9-13-5-6-15-12/h5-6,9,11,14H,2-4,7-8,10H2,1H3. The van der Waals surface area contributed by atoms with Gasteiger partial charge in [-0.25, -0.2) is 4.98 Å². The highest BCUT2D eigenvalue weighted by atomic mass is 16.5. The van der Waals surface area contributed by atoms with Crippen molar-refractivity contribution in [3.8, 4) is 0 Å². The first-order chi connectivity index (χ1) is 8.40. The van der Waals surface area contributed by atoms with Gasteiger partial charge in [-0.1, -0.05) is 0 Å². The molecule has 0 spiro atoms. The maximum Gasteiger partial charge on any atom is 0.147 e. The second-order valence-electron chi connectivity index (χ2n) is 4.30. The molecule has 0 saturated carbocycles. The van der Waals surface area contributed by atoms with E-state index in [1.165, 1.54) is 12.8 Å². The summed E-state index contributed by atoms with van der Waals surface area (Å²) in [6, 6.07) is 0.564. The minimum Gasteiger partial charge on any atom is -0.383 e. The van der Waals surface area contributed by atoms with Crippen LogP contribution in [0.3, 0.4) is 0 Å².